The summed E-state index contributed by atoms with van der Waals surface area (Å²) in [5.74, 6) is 2.10. The lowest BCUT2D eigenvalue weighted by molar-refractivity contribution is -0.115. The Labute approximate surface area is 180 Å². The maximum absolute atomic E-state index is 12.7. The molecule has 0 fully saturated rings. The molecule has 0 bridgehead atoms. The fourth-order valence-corrected chi connectivity index (χ4v) is 3.67. The van der Waals surface area contributed by atoms with Crippen molar-refractivity contribution in [3.8, 4) is 34.4 Å². The topological polar surface area (TPSA) is 113 Å². The zero-order valence-electron chi connectivity index (χ0n) is 16.3. The van der Waals surface area contributed by atoms with Crippen LogP contribution in [0.15, 0.2) is 69.0 Å². The number of ether oxygens (including phenoxy) is 2. The second-order valence-electron chi connectivity index (χ2n) is 6.56. The van der Waals surface area contributed by atoms with Crippen LogP contribution in [0.2, 0.25) is 0 Å². The molecule has 3 aromatic heterocycles. The van der Waals surface area contributed by atoms with Crippen LogP contribution in [0.25, 0.3) is 22.9 Å². The van der Waals surface area contributed by atoms with Gasteiger partial charge < -0.3 is 23.6 Å². The Bertz CT molecular complexity index is 1210. The minimum Gasteiger partial charge on any atom is -0.463 e. The molecule has 1 aliphatic heterocycles. The quantitative estimate of drug-likeness (QED) is 0.443. The molecule has 0 aliphatic carbocycles. The Morgan fingerprint density at radius 3 is 2.48 bits per heavy atom. The fourth-order valence-electron chi connectivity index (χ4n) is 2.96. The van der Waals surface area contributed by atoms with Gasteiger partial charge in [-0.1, -0.05) is 11.8 Å². The molecule has 10 heteroatoms. The van der Waals surface area contributed by atoms with Crippen molar-refractivity contribution in [1.29, 1.82) is 0 Å². The summed E-state index contributed by atoms with van der Waals surface area (Å²) >= 11 is 1.19. The molecule has 31 heavy (non-hydrogen) atoms. The van der Waals surface area contributed by atoms with Gasteiger partial charge >= 0.3 is 0 Å². The molecule has 1 aromatic carbocycles. The molecule has 1 atom stereocenters. The van der Waals surface area contributed by atoms with Crippen LogP contribution in [0.3, 0.4) is 0 Å². The van der Waals surface area contributed by atoms with E-state index >= 15 is 0 Å². The zero-order valence-corrected chi connectivity index (χ0v) is 17.1. The molecule has 4 heterocycles. The van der Waals surface area contributed by atoms with Gasteiger partial charge in [-0.15, -0.1) is 10.2 Å². The summed E-state index contributed by atoms with van der Waals surface area (Å²) in [7, 11) is 0. The molecule has 0 radical (unpaired) electrons. The van der Waals surface area contributed by atoms with Gasteiger partial charge in [-0.05, 0) is 43.3 Å². The molecule has 1 unspecified atom stereocenters. The van der Waals surface area contributed by atoms with Crippen molar-refractivity contribution in [2.45, 2.75) is 17.3 Å². The molecular weight excluding hydrogens is 420 g/mol. The molecule has 5 rings (SSSR count). The predicted molar refractivity (Wildman–Crippen MR) is 112 cm³/mol. The van der Waals surface area contributed by atoms with E-state index in [1.54, 1.807) is 61.9 Å². The van der Waals surface area contributed by atoms with Gasteiger partial charge in [0.25, 0.3) is 0 Å². The van der Waals surface area contributed by atoms with Crippen molar-refractivity contribution in [1.82, 2.24) is 15.2 Å². The SMILES string of the molecule is CC(Sc1nnc(-c2ccco2)c(-c2ccco2)n1)C(=O)Nc1ccc2c(c1)OCO2. The number of thioether (sulfide) groups is 1. The first kappa shape index (κ1) is 19.2. The average Bonchev–Trinajstić information content (AvgIpc) is 3.56. The minimum absolute atomic E-state index is 0.176. The number of amides is 1. The van der Waals surface area contributed by atoms with E-state index in [2.05, 4.69) is 20.5 Å². The number of hydrogen-bond donors (Lipinski definition) is 1. The summed E-state index contributed by atoms with van der Waals surface area (Å²) in [5.41, 5.74) is 1.56. The van der Waals surface area contributed by atoms with Crippen LogP contribution in [0.5, 0.6) is 11.5 Å². The molecule has 4 aromatic rings. The lowest BCUT2D eigenvalue weighted by atomic mass is 10.2. The molecule has 1 amide bonds. The summed E-state index contributed by atoms with van der Waals surface area (Å²) in [6.07, 6.45) is 3.10. The predicted octanol–water partition coefficient (Wildman–Crippen LogP) is 4.24. The molecule has 0 saturated carbocycles. The second kappa shape index (κ2) is 8.15. The van der Waals surface area contributed by atoms with Gasteiger partial charge in [0.05, 0.1) is 17.8 Å². The number of rotatable bonds is 6. The van der Waals surface area contributed by atoms with Crippen LogP contribution >= 0.6 is 11.8 Å². The fraction of sp³-hybridized carbons (Fsp3) is 0.143. The van der Waals surface area contributed by atoms with Crippen LogP contribution in [0, 0.1) is 0 Å². The van der Waals surface area contributed by atoms with Crippen molar-refractivity contribution in [2.75, 3.05) is 12.1 Å². The van der Waals surface area contributed by atoms with Crippen LogP contribution in [0.1, 0.15) is 6.92 Å². The molecular formula is C21H16N4O5S. The Morgan fingerprint density at radius 2 is 1.74 bits per heavy atom. The van der Waals surface area contributed by atoms with Gasteiger partial charge in [0.15, 0.2) is 28.7 Å². The molecule has 0 spiro atoms. The number of benzene rings is 1. The van der Waals surface area contributed by atoms with Gasteiger partial charge in [0.2, 0.25) is 17.9 Å². The van der Waals surface area contributed by atoms with Crippen molar-refractivity contribution >= 4 is 23.4 Å². The van der Waals surface area contributed by atoms with Crippen LogP contribution in [0.4, 0.5) is 5.69 Å². The summed E-state index contributed by atoms with van der Waals surface area (Å²) < 4.78 is 21.6. The summed E-state index contributed by atoms with van der Waals surface area (Å²) in [4.78, 5) is 17.2. The Kier molecular flexibility index (Phi) is 5.04. The molecule has 156 valence electrons. The van der Waals surface area contributed by atoms with Crippen molar-refractivity contribution < 1.29 is 23.1 Å². The van der Waals surface area contributed by atoms with Crippen LogP contribution < -0.4 is 14.8 Å². The lowest BCUT2D eigenvalue weighted by Gasteiger charge is -2.12. The monoisotopic (exact) mass is 436 g/mol. The van der Waals surface area contributed by atoms with E-state index in [4.69, 9.17) is 18.3 Å². The maximum atomic E-state index is 12.7. The number of nitrogens with zero attached hydrogens (tertiary/aromatic N) is 3. The number of anilines is 1. The van der Waals surface area contributed by atoms with E-state index in [-0.39, 0.29) is 12.7 Å². The molecule has 1 aliphatic rings. The van der Waals surface area contributed by atoms with E-state index in [0.29, 0.717) is 45.3 Å². The summed E-state index contributed by atoms with van der Waals surface area (Å²) in [6.45, 7) is 1.94. The normalized spacial score (nSPS) is 13.2. The third-order valence-corrected chi connectivity index (χ3v) is 5.42. The smallest absolute Gasteiger partial charge is 0.237 e. The highest BCUT2D eigenvalue weighted by Gasteiger charge is 2.22. The van der Waals surface area contributed by atoms with Crippen LogP contribution in [-0.4, -0.2) is 33.1 Å². The number of nitrogens with one attached hydrogen (secondary N) is 1. The van der Waals surface area contributed by atoms with E-state index in [1.165, 1.54) is 11.8 Å². The van der Waals surface area contributed by atoms with Crippen molar-refractivity contribution in [3.05, 3.63) is 55.0 Å². The number of carbonyl (C=O) groups is 1. The largest absolute Gasteiger partial charge is 0.463 e. The third kappa shape index (κ3) is 3.97. The van der Waals surface area contributed by atoms with Gasteiger partial charge in [0, 0.05) is 11.8 Å². The van der Waals surface area contributed by atoms with Crippen LogP contribution in [-0.2, 0) is 4.79 Å². The van der Waals surface area contributed by atoms with E-state index < -0.39 is 5.25 Å². The highest BCUT2D eigenvalue weighted by molar-refractivity contribution is 8.00. The lowest BCUT2D eigenvalue weighted by Crippen LogP contribution is -2.22. The minimum atomic E-state index is -0.480. The number of aromatic nitrogens is 3. The van der Waals surface area contributed by atoms with Gasteiger partial charge in [-0.25, -0.2) is 4.98 Å². The van der Waals surface area contributed by atoms with Crippen molar-refractivity contribution in [3.63, 3.8) is 0 Å². The highest BCUT2D eigenvalue weighted by atomic mass is 32.2. The second-order valence-corrected chi connectivity index (χ2v) is 7.87. The Morgan fingerprint density at radius 1 is 1.00 bits per heavy atom. The third-order valence-electron chi connectivity index (χ3n) is 4.47. The van der Waals surface area contributed by atoms with Gasteiger partial charge in [-0.2, -0.15) is 0 Å². The molecule has 1 N–H and O–H groups in total. The number of carbonyl (C=O) groups excluding carboxylic acids is 1. The number of fused-ring (bicyclic) bond motifs is 1. The molecule has 0 saturated heterocycles. The van der Waals surface area contributed by atoms with E-state index in [9.17, 15) is 4.79 Å². The Balaban J connectivity index is 1.34. The summed E-state index contributed by atoms with van der Waals surface area (Å²) in [5, 5.41) is 11.2. The first-order valence-corrected chi connectivity index (χ1v) is 10.2. The maximum Gasteiger partial charge on any atom is 0.237 e. The standard InChI is InChI=1S/C21H16N4O5S/c1-12(20(26)22-13-6-7-14-17(10-13)30-11-29-14)31-21-23-18(15-4-2-8-27-15)19(24-25-21)16-5-3-9-28-16/h2-10,12H,11H2,1H3,(H,22,26). The first-order chi connectivity index (χ1) is 15.2. The zero-order chi connectivity index (χ0) is 21.2. The van der Waals surface area contributed by atoms with E-state index in [1.807, 2.05) is 0 Å². The molecule has 9 nitrogen and oxygen atoms in total. The average molecular weight is 436 g/mol. The first-order valence-electron chi connectivity index (χ1n) is 9.37. The highest BCUT2D eigenvalue weighted by Crippen LogP contribution is 2.35. The summed E-state index contributed by atoms with van der Waals surface area (Å²) in [6, 6.07) is 12.3. The number of furan rings is 2. The van der Waals surface area contributed by atoms with Gasteiger partial charge in [0.1, 0.15) is 5.69 Å². The Hall–Kier alpha value is -3.79. The van der Waals surface area contributed by atoms with E-state index in [0.717, 1.165) is 0 Å². The number of hydrogen-bond acceptors (Lipinski definition) is 9. The van der Waals surface area contributed by atoms with Crippen molar-refractivity contribution in [2.24, 2.45) is 0 Å². The van der Waals surface area contributed by atoms with Gasteiger partial charge in [-0.3, -0.25) is 4.79 Å².